The molecule has 0 aliphatic heterocycles. The van der Waals surface area contributed by atoms with Crippen LogP contribution in [0.3, 0.4) is 0 Å². The molecule has 0 aromatic heterocycles. The molecule has 0 N–H and O–H groups in total. The van der Waals surface area contributed by atoms with Crippen molar-refractivity contribution in [2.45, 2.75) is 0 Å². The topological polar surface area (TPSA) is 47.7 Å². The number of para-hydroxylation sites is 1. The summed E-state index contributed by atoms with van der Waals surface area (Å²) >= 11 is 0. The van der Waals surface area contributed by atoms with Crippen LogP contribution in [0.5, 0.6) is 5.75 Å². The average molecular weight is 211 g/mol. The Kier molecular flexibility index (Phi) is 6.82. The molecule has 1 aromatic rings. The summed E-state index contributed by atoms with van der Waals surface area (Å²) in [6, 6.07) is 9.68. The second-order valence-corrected chi connectivity index (χ2v) is 2.74. The molecule has 0 saturated heterocycles. The lowest BCUT2D eigenvalue weighted by atomic mass is 10.3. The van der Waals surface area contributed by atoms with Gasteiger partial charge in [-0.15, -0.1) is 0 Å². The summed E-state index contributed by atoms with van der Waals surface area (Å²) in [5, 5.41) is 0. The maximum absolute atomic E-state index is 9.33. The van der Waals surface area contributed by atoms with E-state index in [9.17, 15) is 8.42 Å². The first-order valence-electron chi connectivity index (χ1n) is 3.57. The summed E-state index contributed by atoms with van der Waals surface area (Å²) in [7, 11) is -0.633. The second kappa shape index (κ2) is 7.83. The molecular formula is C9H9NO3S. The fourth-order valence-corrected chi connectivity index (χ4v) is 0.686. The van der Waals surface area contributed by atoms with Crippen molar-refractivity contribution in [2.24, 2.45) is 0 Å². The molecule has 0 heterocycles. The zero-order valence-corrected chi connectivity index (χ0v) is 8.36. The molecule has 0 aliphatic rings. The lowest BCUT2D eigenvalue weighted by molar-refractivity contribution is 0.415. The van der Waals surface area contributed by atoms with E-state index in [2.05, 4.69) is 4.85 Å². The molecule has 5 heteroatoms. The van der Waals surface area contributed by atoms with Crippen molar-refractivity contribution in [3.8, 4) is 5.75 Å². The van der Waals surface area contributed by atoms with Crippen LogP contribution in [0.1, 0.15) is 0 Å². The Morgan fingerprint density at radius 1 is 1.36 bits per heavy atom. The Balaban J connectivity index is 0.000000255. The highest BCUT2D eigenvalue weighted by atomic mass is 32.2. The number of nitrogens with zero attached hydrogens (tertiary/aromatic N) is 1. The monoisotopic (exact) mass is 211 g/mol. The molecular weight excluding hydrogens is 202 g/mol. The lowest BCUT2D eigenvalue weighted by Gasteiger charge is -1.93. The van der Waals surface area contributed by atoms with Crippen LogP contribution >= 0.6 is 0 Å². The summed E-state index contributed by atoms with van der Waals surface area (Å²) in [6.07, 6.45) is 0. The van der Waals surface area contributed by atoms with Crippen molar-refractivity contribution in [1.29, 1.82) is 0 Å². The number of hydrogen-bond donors (Lipinski definition) is 0. The van der Waals surface area contributed by atoms with Gasteiger partial charge < -0.3 is 4.74 Å². The molecule has 0 fully saturated rings. The first-order valence-corrected chi connectivity index (χ1v) is 4.71. The third-order valence-corrected chi connectivity index (χ3v) is 1.40. The minimum Gasteiger partial charge on any atom is -0.497 e. The third-order valence-electron chi connectivity index (χ3n) is 1.12. The normalized spacial score (nSPS) is 7.43. The van der Waals surface area contributed by atoms with E-state index in [0.717, 1.165) is 5.75 Å². The molecule has 1 aromatic carbocycles. The van der Waals surface area contributed by atoms with Gasteiger partial charge in [-0.25, -0.2) is 4.85 Å². The highest BCUT2D eigenvalue weighted by Crippen LogP contribution is 2.05. The molecule has 0 spiro atoms. The van der Waals surface area contributed by atoms with Gasteiger partial charge in [0, 0.05) is 0 Å². The smallest absolute Gasteiger partial charge is 0.270 e. The van der Waals surface area contributed by atoms with Gasteiger partial charge in [-0.05, 0) is 12.1 Å². The molecule has 0 amide bonds. The van der Waals surface area contributed by atoms with Gasteiger partial charge >= 0.3 is 0 Å². The fraction of sp³-hybridized carbons (Fsp3) is 0.111. The van der Waals surface area contributed by atoms with Crippen LogP contribution in [-0.2, 0) is 10.3 Å². The second-order valence-electron chi connectivity index (χ2n) is 2.01. The quantitative estimate of drug-likeness (QED) is 0.518. The molecule has 1 rings (SSSR count). The van der Waals surface area contributed by atoms with Crippen molar-refractivity contribution in [1.82, 2.24) is 0 Å². The van der Waals surface area contributed by atoms with Gasteiger partial charge in [-0.2, -0.15) is 8.42 Å². The van der Waals surface area contributed by atoms with Gasteiger partial charge in [0.1, 0.15) is 5.75 Å². The van der Waals surface area contributed by atoms with Gasteiger partial charge in [0.25, 0.3) is 5.49 Å². The first kappa shape index (κ1) is 12.2. The number of ether oxygens (including phenoxy) is 1. The molecule has 4 nitrogen and oxygen atoms in total. The van der Waals surface area contributed by atoms with E-state index in [1.807, 2.05) is 30.3 Å². The Bertz CT molecular complexity index is 409. The van der Waals surface area contributed by atoms with Gasteiger partial charge in [-0.3, -0.25) is 0 Å². The standard InChI is InChI=1S/C7H8O.C2HNO2S/c1-8-7-5-3-2-4-6-7;1-3-2-6(4)5/h2-6H,1H3;2H. The molecule has 14 heavy (non-hydrogen) atoms. The van der Waals surface area contributed by atoms with E-state index >= 15 is 0 Å². The van der Waals surface area contributed by atoms with E-state index < -0.39 is 10.3 Å². The number of hydrogen-bond acceptors (Lipinski definition) is 3. The van der Waals surface area contributed by atoms with Crippen LogP contribution in [-0.4, -0.2) is 21.0 Å². The van der Waals surface area contributed by atoms with E-state index in [4.69, 9.17) is 11.3 Å². The van der Waals surface area contributed by atoms with Crippen LogP contribution in [0.25, 0.3) is 4.85 Å². The van der Waals surface area contributed by atoms with Crippen molar-refractivity contribution in [3.05, 3.63) is 41.7 Å². The molecule has 0 aliphatic carbocycles. The predicted octanol–water partition coefficient (Wildman–Crippen LogP) is 1.24. The molecule has 0 saturated carbocycles. The molecule has 0 atom stereocenters. The van der Waals surface area contributed by atoms with Crippen LogP contribution < -0.4 is 4.74 Å². The summed E-state index contributed by atoms with van der Waals surface area (Å²) in [4.78, 5) is 2.45. The maximum atomic E-state index is 9.33. The van der Waals surface area contributed by atoms with Crippen molar-refractivity contribution < 1.29 is 13.2 Å². The molecule has 0 unspecified atom stereocenters. The zero-order valence-electron chi connectivity index (χ0n) is 7.54. The molecule has 0 bridgehead atoms. The van der Waals surface area contributed by atoms with Crippen LogP contribution in [0.15, 0.2) is 30.3 Å². The van der Waals surface area contributed by atoms with Gasteiger partial charge in [0.05, 0.1) is 13.7 Å². The van der Waals surface area contributed by atoms with E-state index in [0.29, 0.717) is 5.49 Å². The van der Waals surface area contributed by atoms with Crippen molar-refractivity contribution in [2.75, 3.05) is 7.11 Å². The third kappa shape index (κ3) is 6.88. The molecule has 0 radical (unpaired) electrons. The summed E-state index contributed by atoms with van der Waals surface area (Å²) in [5.74, 6) is 0.910. The van der Waals surface area contributed by atoms with Crippen molar-refractivity contribution >= 4 is 15.8 Å². The van der Waals surface area contributed by atoms with Gasteiger partial charge in [0.2, 0.25) is 10.3 Å². The van der Waals surface area contributed by atoms with Crippen LogP contribution in [0.2, 0.25) is 0 Å². The summed E-state index contributed by atoms with van der Waals surface area (Å²) in [6.45, 7) is 5.91. The highest BCUT2D eigenvalue weighted by molar-refractivity contribution is 7.71. The number of benzene rings is 1. The fourth-order valence-electron chi connectivity index (χ4n) is 0.600. The van der Waals surface area contributed by atoms with Gasteiger partial charge in [-0.1, -0.05) is 18.2 Å². The lowest BCUT2D eigenvalue weighted by Crippen LogP contribution is -1.78. The number of methoxy groups -OCH3 is 1. The minimum absolute atomic E-state index is 0.500. The first-order chi connectivity index (χ1) is 6.70. The Morgan fingerprint density at radius 3 is 2.14 bits per heavy atom. The van der Waals surface area contributed by atoms with E-state index in [1.54, 1.807) is 7.11 Å². The maximum Gasteiger partial charge on any atom is 0.270 e. The van der Waals surface area contributed by atoms with Crippen LogP contribution in [0, 0.1) is 6.57 Å². The van der Waals surface area contributed by atoms with E-state index in [-0.39, 0.29) is 0 Å². The predicted molar refractivity (Wildman–Crippen MR) is 54.6 cm³/mol. The van der Waals surface area contributed by atoms with Gasteiger partial charge in [0.15, 0.2) is 0 Å². The van der Waals surface area contributed by atoms with Crippen LogP contribution in [0.4, 0.5) is 0 Å². The molecule has 74 valence electrons. The summed E-state index contributed by atoms with van der Waals surface area (Å²) in [5.41, 5.74) is 0.500. The Labute approximate surface area is 84.1 Å². The SMILES string of the molecule is COc1ccccc1.[C-]#[N+]C=S(=O)=O. The largest absolute Gasteiger partial charge is 0.497 e. The Hall–Kier alpha value is -1.80. The Morgan fingerprint density at radius 2 is 1.93 bits per heavy atom. The van der Waals surface area contributed by atoms with Crippen molar-refractivity contribution in [3.63, 3.8) is 0 Å². The number of rotatable bonds is 1. The highest BCUT2D eigenvalue weighted by Gasteiger charge is 1.80. The van der Waals surface area contributed by atoms with E-state index in [1.165, 1.54) is 0 Å². The zero-order chi connectivity index (χ0) is 10.8. The minimum atomic E-state index is -2.29. The summed E-state index contributed by atoms with van der Waals surface area (Å²) < 4.78 is 23.6. The average Bonchev–Trinajstić information content (AvgIpc) is 2.20.